The summed E-state index contributed by atoms with van der Waals surface area (Å²) < 4.78 is 5.36. The number of allylic oxidation sites excluding steroid dienone is 4. The van der Waals surface area contributed by atoms with E-state index in [0.717, 1.165) is 11.1 Å². The molecule has 128 valence electrons. The maximum absolute atomic E-state index is 12.4. The molecule has 2 aliphatic rings. The molecule has 24 heavy (non-hydrogen) atoms. The first kappa shape index (κ1) is 18.1. The second-order valence-corrected chi connectivity index (χ2v) is 6.77. The van der Waals surface area contributed by atoms with E-state index in [4.69, 9.17) is 4.74 Å². The van der Waals surface area contributed by atoms with Gasteiger partial charge in [-0.05, 0) is 63.3 Å². The van der Waals surface area contributed by atoms with Crippen LogP contribution in [0, 0.1) is 5.92 Å². The minimum absolute atomic E-state index is 0.0103. The highest BCUT2D eigenvalue weighted by Gasteiger charge is 2.27. The SMILES string of the molecule is C=C(C)C1CCC2=C[C@H](C/C(C)=C/C(=O)/C=C(\C)C(=O)C1)OC2=O. The van der Waals surface area contributed by atoms with Crippen molar-refractivity contribution in [3.8, 4) is 0 Å². The van der Waals surface area contributed by atoms with Crippen LogP contribution < -0.4 is 0 Å². The van der Waals surface area contributed by atoms with Crippen LogP contribution in [0.15, 0.2) is 47.1 Å². The number of carbonyl (C=O) groups excluding carboxylic acids is 3. The Morgan fingerprint density at radius 3 is 2.54 bits per heavy atom. The summed E-state index contributed by atoms with van der Waals surface area (Å²) in [6.45, 7) is 9.35. The van der Waals surface area contributed by atoms with E-state index in [0.29, 0.717) is 36.8 Å². The normalized spacial score (nSPS) is 30.5. The first-order valence-corrected chi connectivity index (χ1v) is 8.26. The molecule has 2 atom stereocenters. The van der Waals surface area contributed by atoms with E-state index in [2.05, 4.69) is 6.58 Å². The minimum Gasteiger partial charge on any atom is -0.454 e. The third-order valence-corrected chi connectivity index (χ3v) is 4.51. The first-order valence-electron chi connectivity index (χ1n) is 8.26. The number of hydrogen-bond donors (Lipinski definition) is 0. The molecule has 4 nitrogen and oxygen atoms in total. The van der Waals surface area contributed by atoms with Crippen LogP contribution in [0.25, 0.3) is 0 Å². The fourth-order valence-electron chi connectivity index (χ4n) is 3.02. The van der Waals surface area contributed by atoms with Crippen LogP contribution in [0.2, 0.25) is 0 Å². The maximum atomic E-state index is 12.4. The van der Waals surface area contributed by atoms with Crippen molar-refractivity contribution in [2.45, 2.75) is 52.6 Å². The molecule has 0 aromatic rings. The molecule has 0 aromatic carbocycles. The smallest absolute Gasteiger partial charge is 0.334 e. The Morgan fingerprint density at radius 2 is 1.88 bits per heavy atom. The molecule has 0 fully saturated rings. The van der Waals surface area contributed by atoms with Crippen molar-refractivity contribution < 1.29 is 19.1 Å². The largest absolute Gasteiger partial charge is 0.454 e. The van der Waals surface area contributed by atoms with Crippen molar-refractivity contribution in [3.05, 3.63) is 47.1 Å². The lowest BCUT2D eigenvalue weighted by Gasteiger charge is -2.16. The molecule has 0 saturated heterocycles. The van der Waals surface area contributed by atoms with Gasteiger partial charge in [0.1, 0.15) is 6.10 Å². The summed E-state index contributed by atoms with van der Waals surface area (Å²) in [5.74, 6) is -0.574. The third-order valence-electron chi connectivity index (χ3n) is 4.51. The van der Waals surface area contributed by atoms with Gasteiger partial charge in [-0.2, -0.15) is 0 Å². The van der Waals surface area contributed by atoms with Crippen LogP contribution in [0.4, 0.5) is 0 Å². The highest BCUT2D eigenvalue weighted by molar-refractivity contribution is 6.07. The molecule has 4 heteroatoms. The van der Waals surface area contributed by atoms with Gasteiger partial charge in [0.15, 0.2) is 11.6 Å². The Bertz CT molecular complexity index is 676. The van der Waals surface area contributed by atoms with Crippen LogP contribution in [-0.2, 0) is 19.1 Å². The van der Waals surface area contributed by atoms with Gasteiger partial charge in [0.2, 0.25) is 0 Å². The summed E-state index contributed by atoms with van der Waals surface area (Å²) in [6.07, 6.45) is 6.46. The Balaban J connectivity index is 2.32. The second kappa shape index (κ2) is 7.56. The third kappa shape index (κ3) is 4.63. The average molecular weight is 328 g/mol. The lowest BCUT2D eigenvalue weighted by atomic mass is 9.87. The van der Waals surface area contributed by atoms with Gasteiger partial charge in [0.25, 0.3) is 0 Å². The summed E-state index contributed by atoms with van der Waals surface area (Å²) in [6, 6.07) is 0. The van der Waals surface area contributed by atoms with E-state index in [-0.39, 0.29) is 29.6 Å². The lowest BCUT2D eigenvalue weighted by Crippen LogP contribution is -2.12. The zero-order valence-corrected chi connectivity index (χ0v) is 14.6. The van der Waals surface area contributed by atoms with Gasteiger partial charge in [-0.25, -0.2) is 4.79 Å². The minimum atomic E-state index is -0.311. The van der Waals surface area contributed by atoms with Crippen LogP contribution in [-0.4, -0.2) is 23.6 Å². The zero-order chi connectivity index (χ0) is 17.9. The maximum Gasteiger partial charge on any atom is 0.334 e. The molecule has 2 rings (SSSR count). The molecule has 0 amide bonds. The van der Waals surface area contributed by atoms with Crippen molar-refractivity contribution in [1.82, 2.24) is 0 Å². The molecule has 0 radical (unpaired) electrons. The first-order chi connectivity index (χ1) is 11.3. The van der Waals surface area contributed by atoms with E-state index >= 15 is 0 Å². The molecule has 1 aliphatic heterocycles. The summed E-state index contributed by atoms with van der Waals surface area (Å²) in [4.78, 5) is 36.4. The van der Waals surface area contributed by atoms with Gasteiger partial charge in [0.05, 0.1) is 0 Å². The topological polar surface area (TPSA) is 60.4 Å². The van der Waals surface area contributed by atoms with E-state index in [1.165, 1.54) is 12.2 Å². The van der Waals surface area contributed by atoms with Crippen molar-refractivity contribution in [3.63, 3.8) is 0 Å². The summed E-state index contributed by atoms with van der Waals surface area (Å²) in [5.41, 5.74) is 2.85. The molecular weight excluding hydrogens is 304 g/mol. The Hall–Kier alpha value is -2.23. The summed E-state index contributed by atoms with van der Waals surface area (Å²) in [5, 5.41) is 0. The van der Waals surface area contributed by atoms with Crippen LogP contribution in [0.1, 0.15) is 46.5 Å². The lowest BCUT2D eigenvalue weighted by molar-refractivity contribution is -0.139. The number of rotatable bonds is 1. The molecular formula is C20H24O4. The molecule has 1 heterocycles. The van der Waals surface area contributed by atoms with Crippen molar-refractivity contribution in [2.75, 3.05) is 0 Å². The number of Topliss-reactive ketones (excluding diaryl/α,β-unsaturated/α-hetero) is 1. The van der Waals surface area contributed by atoms with Gasteiger partial charge in [-0.1, -0.05) is 17.7 Å². The predicted molar refractivity (Wildman–Crippen MR) is 92.3 cm³/mol. The molecule has 1 aliphatic carbocycles. The van der Waals surface area contributed by atoms with Gasteiger partial charge >= 0.3 is 5.97 Å². The number of esters is 1. The van der Waals surface area contributed by atoms with E-state index in [1.807, 2.05) is 19.9 Å². The number of ketones is 2. The van der Waals surface area contributed by atoms with Crippen LogP contribution >= 0.6 is 0 Å². The second-order valence-electron chi connectivity index (χ2n) is 6.77. The van der Waals surface area contributed by atoms with E-state index in [9.17, 15) is 14.4 Å². The van der Waals surface area contributed by atoms with Gasteiger partial charge in [-0.3, -0.25) is 9.59 Å². The standard InChI is InChI=1S/C20H24O4/c1-12(2)15-5-6-16-10-18(24-20(16)23)8-13(3)7-17(21)9-14(4)19(22)11-15/h7,9-10,15,18H,1,5-6,8,11H2,2-4H3/b13-7+,14-9+/t15?,18-/m0/s1. The fourth-order valence-corrected chi connectivity index (χ4v) is 3.02. The Morgan fingerprint density at radius 1 is 1.17 bits per heavy atom. The molecule has 0 saturated carbocycles. The Labute approximate surface area is 143 Å². The van der Waals surface area contributed by atoms with E-state index in [1.54, 1.807) is 6.92 Å². The molecule has 0 aromatic heterocycles. The zero-order valence-electron chi connectivity index (χ0n) is 14.6. The number of ether oxygens (including phenoxy) is 1. The Kier molecular flexibility index (Phi) is 5.71. The highest BCUT2D eigenvalue weighted by atomic mass is 16.5. The van der Waals surface area contributed by atoms with Crippen LogP contribution in [0.5, 0.6) is 0 Å². The fraction of sp³-hybridized carbons (Fsp3) is 0.450. The number of fused-ring (bicyclic) bond motifs is 1. The van der Waals surface area contributed by atoms with Crippen molar-refractivity contribution >= 4 is 17.5 Å². The van der Waals surface area contributed by atoms with Gasteiger partial charge in [-0.15, -0.1) is 0 Å². The van der Waals surface area contributed by atoms with Gasteiger partial charge in [0, 0.05) is 18.4 Å². The molecule has 1 unspecified atom stereocenters. The van der Waals surface area contributed by atoms with Crippen molar-refractivity contribution in [2.24, 2.45) is 5.92 Å². The average Bonchev–Trinajstić information content (AvgIpc) is 2.81. The van der Waals surface area contributed by atoms with E-state index < -0.39 is 0 Å². The highest BCUT2D eigenvalue weighted by Crippen LogP contribution is 2.28. The summed E-state index contributed by atoms with van der Waals surface area (Å²) in [7, 11) is 0. The molecule has 0 N–H and O–H groups in total. The molecule has 2 bridgehead atoms. The molecule has 0 spiro atoms. The van der Waals surface area contributed by atoms with Crippen molar-refractivity contribution in [1.29, 1.82) is 0 Å². The summed E-state index contributed by atoms with van der Waals surface area (Å²) >= 11 is 0. The number of hydrogen-bond acceptors (Lipinski definition) is 4. The predicted octanol–water partition coefficient (Wildman–Crippen LogP) is 3.64. The number of carbonyl (C=O) groups is 3. The monoisotopic (exact) mass is 328 g/mol. The van der Waals surface area contributed by atoms with Crippen LogP contribution in [0.3, 0.4) is 0 Å². The van der Waals surface area contributed by atoms with Gasteiger partial charge < -0.3 is 4.74 Å². The quantitative estimate of drug-likeness (QED) is 0.545.